The first-order valence-electron chi connectivity index (χ1n) is 9.86. The lowest BCUT2D eigenvalue weighted by atomic mass is 9.94. The first kappa shape index (κ1) is 21.8. The highest BCUT2D eigenvalue weighted by Gasteiger charge is 2.32. The van der Waals surface area contributed by atoms with Crippen LogP contribution in [0, 0.1) is 24.6 Å². The van der Waals surface area contributed by atoms with E-state index >= 15 is 0 Å². The number of piperidine rings is 1. The Bertz CT molecular complexity index is 891. The van der Waals surface area contributed by atoms with Crippen LogP contribution < -0.4 is 4.90 Å². The molecule has 0 unspecified atom stereocenters. The number of aryl methyl sites for hydroxylation is 1. The minimum Gasteiger partial charge on any atom is -0.342 e. The molecule has 156 valence electrons. The molecule has 2 heterocycles. The molecule has 0 radical (unpaired) electrons. The molecule has 0 saturated carbocycles. The molecule has 1 aliphatic rings. The second-order valence-corrected chi connectivity index (χ2v) is 9.21. The lowest BCUT2D eigenvalue weighted by Gasteiger charge is -2.35. The summed E-state index contributed by atoms with van der Waals surface area (Å²) in [6, 6.07) is 6.42. The molecule has 1 aromatic heterocycles. The molecule has 0 N–H and O–H groups in total. The number of rotatable bonds is 5. The van der Waals surface area contributed by atoms with E-state index in [1.54, 1.807) is 22.3 Å². The van der Waals surface area contributed by atoms with Gasteiger partial charge < -0.3 is 9.80 Å². The zero-order valence-electron chi connectivity index (χ0n) is 17.0. The maximum Gasteiger partial charge on any atom is 0.230 e. The summed E-state index contributed by atoms with van der Waals surface area (Å²) in [5.41, 5.74) is 1.72. The van der Waals surface area contributed by atoms with E-state index in [0.717, 1.165) is 10.4 Å². The number of benzene rings is 1. The maximum absolute atomic E-state index is 13.7. The van der Waals surface area contributed by atoms with Crippen LogP contribution in [0.25, 0.3) is 0 Å². The molecule has 1 saturated heterocycles. The molecular formula is C22H26ClFN2O2S. The van der Waals surface area contributed by atoms with Crippen LogP contribution in [0.3, 0.4) is 0 Å². The van der Waals surface area contributed by atoms with Crippen molar-refractivity contribution in [2.75, 3.05) is 18.0 Å². The average molecular weight is 437 g/mol. The second-order valence-electron chi connectivity index (χ2n) is 7.80. The van der Waals surface area contributed by atoms with Gasteiger partial charge in [-0.25, -0.2) is 4.39 Å². The molecule has 0 bridgehead atoms. The monoisotopic (exact) mass is 436 g/mol. The Kier molecular flexibility index (Phi) is 6.96. The first-order valence-corrected chi connectivity index (χ1v) is 11.1. The number of amides is 2. The molecule has 2 aromatic rings. The van der Waals surface area contributed by atoms with E-state index in [9.17, 15) is 14.0 Å². The smallest absolute Gasteiger partial charge is 0.230 e. The van der Waals surface area contributed by atoms with E-state index in [-0.39, 0.29) is 28.7 Å². The molecule has 3 rings (SSSR count). The van der Waals surface area contributed by atoms with Crippen molar-refractivity contribution < 1.29 is 14.0 Å². The van der Waals surface area contributed by atoms with Crippen molar-refractivity contribution in [1.29, 1.82) is 0 Å². The predicted molar refractivity (Wildman–Crippen MR) is 116 cm³/mol. The molecule has 0 aliphatic carbocycles. The van der Waals surface area contributed by atoms with Crippen molar-refractivity contribution >= 4 is 40.4 Å². The highest BCUT2D eigenvalue weighted by Crippen LogP contribution is 2.30. The van der Waals surface area contributed by atoms with Crippen LogP contribution in [0.1, 0.15) is 37.1 Å². The van der Waals surface area contributed by atoms with Gasteiger partial charge in [-0.15, -0.1) is 11.3 Å². The zero-order valence-corrected chi connectivity index (χ0v) is 18.5. The lowest BCUT2D eigenvalue weighted by molar-refractivity contribution is -0.137. The van der Waals surface area contributed by atoms with E-state index in [2.05, 4.69) is 0 Å². The number of halogens is 2. The van der Waals surface area contributed by atoms with Gasteiger partial charge in [0.25, 0.3) is 0 Å². The van der Waals surface area contributed by atoms with Gasteiger partial charge in [0.2, 0.25) is 11.8 Å². The molecule has 1 fully saturated rings. The number of hydrogen-bond acceptors (Lipinski definition) is 3. The molecule has 4 nitrogen and oxygen atoms in total. The summed E-state index contributed by atoms with van der Waals surface area (Å²) < 4.78 is 13.7. The number of carbonyl (C=O) groups excluding carboxylic acids is 2. The highest BCUT2D eigenvalue weighted by atomic mass is 35.5. The van der Waals surface area contributed by atoms with Crippen molar-refractivity contribution in [3.05, 3.63) is 50.9 Å². The van der Waals surface area contributed by atoms with Gasteiger partial charge in [-0.2, -0.15) is 0 Å². The number of carbonyl (C=O) groups is 2. The van der Waals surface area contributed by atoms with Crippen LogP contribution in [0.2, 0.25) is 5.02 Å². The Balaban J connectivity index is 1.80. The fourth-order valence-electron chi connectivity index (χ4n) is 3.59. The lowest BCUT2D eigenvalue weighted by Crippen LogP contribution is -2.45. The summed E-state index contributed by atoms with van der Waals surface area (Å²) in [6.45, 7) is 7.40. The van der Waals surface area contributed by atoms with E-state index in [1.807, 2.05) is 37.1 Å². The van der Waals surface area contributed by atoms with Crippen LogP contribution in [0.15, 0.2) is 29.6 Å². The molecule has 7 heteroatoms. The number of likely N-dealkylation sites (tertiary alicyclic amines) is 1. The third-order valence-corrected chi connectivity index (χ3v) is 6.70. The Morgan fingerprint density at radius 3 is 2.52 bits per heavy atom. The zero-order chi connectivity index (χ0) is 21.1. The number of thiophene rings is 1. The van der Waals surface area contributed by atoms with Crippen molar-refractivity contribution in [3.63, 3.8) is 0 Å². The van der Waals surface area contributed by atoms with Crippen LogP contribution in [0.4, 0.5) is 10.1 Å². The average Bonchev–Trinajstić information content (AvgIpc) is 3.12. The molecule has 1 aromatic carbocycles. The number of nitrogens with zero attached hydrogens (tertiary/aromatic N) is 2. The third-order valence-electron chi connectivity index (χ3n) is 5.40. The minimum atomic E-state index is -0.504. The largest absolute Gasteiger partial charge is 0.342 e. The highest BCUT2D eigenvalue weighted by molar-refractivity contribution is 7.10. The van der Waals surface area contributed by atoms with Gasteiger partial charge in [-0.1, -0.05) is 25.4 Å². The van der Waals surface area contributed by atoms with Crippen LogP contribution in [-0.2, 0) is 16.1 Å². The standard InChI is InChI=1S/C22H26ClFN2O2S/c1-14(2)21(27)25-9-6-16(7-10-25)22(28)26(13-20-15(3)8-11-29-20)17-4-5-19(24)18(23)12-17/h4-5,8,11-12,14,16H,6-7,9-10,13H2,1-3H3. The molecule has 0 spiro atoms. The Hall–Kier alpha value is -1.92. The van der Waals surface area contributed by atoms with Crippen molar-refractivity contribution in [3.8, 4) is 0 Å². The third kappa shape index (κ3) is 4.98. The topological polar surface area (TPSA) is 40.6 Å². The van der Waals surface area contributed by atoms with Gasteiger partial charge in [0.1, 0.15) is 5.82 Å². The van der Waals surface area contributed by atoms with Gasteiger partial charge >= 0.3 is 0 Å². The minimum absolute atomic E-state index is 0.000510. The Morgan fingerprint density at radius 2 is 1.97 bits per heavy atom. The Morgan fingerprint density at radius 1 is 1.28 bits per heavy atom. The van der Waals surface area contributed by atoms with Crippen LogP contribution in [0.5, 0.6) is 0 Å². The Labute approximate surface area is 180 Å². The van der Waals surface area contributed by atoms with Gasteiger partial charge in [-0.05, 0) is 55.0 Å². The van der Waals surface area contributed by atoms with Crippen LogP contribution >= 0.6 is 22.9 Å². The number of anilines is 1. The normalized spacial score (nSPS) is 15.0. The SMILES string of the molecule is Cc1ccsc1CN(C(=O)C1CCN(C(=O)C(C)C)CC1)c1ccc(F)c(Cl)c1. The molecule has 0 atom stereocenters. The van der Waals surface area contributed by atoms with Gasteiger partial charge in [0.05, 0.1) is 11.6 Å². The first-order chi connectivity index (χ1) is 13.8. The fraction of sp³-hybridized carbons (Fsp3) is 0.455. The maximum atomic E-state index is 13.7. The quantitative estimate of drug-likeness (QED) is 0.640. The van der Waals surface area contributed by atoms with Gasteiger partial charge in [-0.3, -0.25) is 9.59 Å². The summed E-state index contributed by atoms with van der Waals surface area (Å²) >= 11 is 7.59. The summed E-state index contributed by atoms with van der Waals surface area (Å²) in [4.78, 5) is 30.3. The van der Waals surface area contributed by atoms with Crippen molar-refractivity contribution in [2.45, 2.75) is 40.2 Å². The van der Waals surface area contributed by atoms with E-state index in [4.69, 9.17) is 11.6 Å². The van der Waals surface area contributed by atoms with Crippen molar-refractivity contribution in [2.24, 2.45) is 11.8 Å². The summed E-state index contributed by atoms with van der Waals surface area (Å²) in [5.74, 6) is -0.586. The van der Waals surface area contributed by atoms with E-state index in [0.29, 0.717) is 38.2 Å². The second kappa shape index (κ2) is 9.26. The fourth-order valence-corrected chi connectivity index (χ4v) is 4.66. The molecular weight excluding hydrogens is 411 g/mol. The van der Waals surface area contributed by atoms with Crippen LogP contribution in [-0.4, -0.2) is 29.8 Å². The molecule has 29 heavy (non-hydrogen) atoms. The summed E-state index contributed by atoms with van der Waals surface area (Å²) in [6.07, 6.45) is 1.26. The summed E-state index contributed by atoms with van der Waals surface area (Å²) in [5, 5.41) is 2.00. The van der Waals surface area contributed by atoms with Gasteiger partial charge in [0, 0.05) is 35.5 Å². The van der Waals surface area contributed by atoms with Crippen molar-refractivity contribution in [1.82, 2.24) is 4.90 Å². The van der Waals surface area contributed by atoms with E-state index in [1.165, 1.54) is 12.1 Å². The van der Waals surface area contributed by atoms with E-state index < -0.39 is 5.82 Å². The molecule has 1 aliphatic heterocycles. The summed E-state index contributed by atoms with van der Waals surface area (Å²) in [7, 11) is 0. The predicted octanol–water partition coefficient (Wildman–Crippen LogP) is 5.28. The van der Waals surface area contributed by atoms with Gasteiger partial charge in [0.15, 0.2) is 0 Å². The molecule has 2 amide bonds. The number of hydrogen-bond donors (Lipinski definition) is 0.